The number of carbonyl (C=O) groups excluding carboxylic acids is 2. The Labute approximate surface area is 142 Å². The second kappa shape index (κ2) is 7.13. The van der Waals surface area contributed by atoms with Crippen molar-refractivity contribution in [1.29, 1.82) is 0 Å². The van der Waals surface area contributed by atoms with Crippen LogP contribution in [0.15, 0.2) is 10.5 Å². The number of anilines is 1. The van der Waals surface area contributed by atoms with Crippen molar-refractivity contribution in [3.8, 4) is 0 Å². The third-order valence-corrected chi connectivity index (χ3v) is 4.14. The van der Waals surface area contributed by atoms with E-state index in [2.05, 4.69) is 25.5 Å². The van der Waals surface area contributed by atoms with Crippen LogP contribution < -0.4 is 15.4 Å². The smallest absolute Gasteiger partial charge is 0.276 e. The van der Waals surface area contributed by atoms with Gasteiger partial charge < -0.3 is 15.5 Å². The molecule has 12 heteroatoms. The second-order valence-corrected chi connectivity index (χ2v) is 7.88. The fraction of sp³-hybridized carbons (Fsp3) is 0.500. The van der Waals surface area contributed by atoms with Crippen molar-refractivity contribution in [2.75, 3.05) is 17.5 Å². The van der Waals surface area contributed by atoms with Gasteiger partial charge in [-0.2, -0.15) is 0 Å². The molecule has 2 rings (SSSR count). The largest absolute Gasteiger partial charge is 0.392 e. The van der Waals surface area contributed by atoms with Crippen molar-refractivity contribution in [3.05, 3.63) is 11.1 Å². The SMILES string of the molecule is CC(C)O/N=C(/C(=O)NC1CNC1=O)c1csc(NS(C)(=O)=O)n1. The van der Waals surface area contributed by atoms with E-state index in [0.29, 0.717) is 6.54 Å². The summed E-state index contributed by atoms with van der Waals surface area (Å²) >= 11 is 0.999. The fourth-order valence-electron chi connectivity index (χ4n) is 1.58. The number of sulfonamides is 1. The molecular weight excluding hydrogens is 358 g/mol. The fourth-order valence-corrected chi connectivity index (χ4v) is 3.13. The first-order valence-corrected chi connectivity index (χ1v) is 9.69. The van der Waals surface area contributed by atoms with Crippen LogP contribution >= 0.6 is 11.3 Å². The molecule has 0 radical (unpaired) electrons. The molecule has 1 aliphatic heterocycles. The average molecular weight is 375 g/mol. The van der Waals surface area contributed by atoms with Gasteiger partial charge in [0.2, 0.25) is 15.9 Å². The van der Waals surface area contributed by atoms with E-state index in [1.54, 1.807) is 13.8 Å². The third-order valence-electron chi connectivity index (χ3n) is 2.69. The monoisotopic (exact) mass is 375 g/mol. The summed E-state index contributed by atoms with van der Waals surface area (Å²) in [5, 5.41) is 10.4. The molecule has 0 aliphatic carbocycles. The number of hydrogen-bond acceptors (Lipinski definition) is 8. The zero-order chi connectivity index (χ0) is 17.9. The lowest BCUT2D eigenvalue weighted by Crippen LogP contribution is -2.62. The van der Waals surface area contributed by atoms with Crippen LogP contribution in [-0.4, -0.2) is 55.9 Å². The quantitative estimate of drug-likeness (QED) is 0.326. The van der Waals surface area contributed by atoms with Gasteiger partial charge in [0.1, 0.15) is 17.8 Å². The molecule has 1 atom stereocenters. The minimum absolute atomic E-state index is 0.0962. The van der Waals surface area contributed by atoms with Gasteiger partial charge in [0.15, 0.2) is 10.8 Å². The number of nitrogens with zero attached hydrogens (tertiary/aromatic N) is 2. The van der Waals surface area contributed by atoms with Crippen LogP contribution in [-0.2, 0) is 24.4 Å². The average Bonchev–Trinajstić information content (AvgIpc) is 2.89. The zero-order valence-electron chi connectivity index (χ0n) is 13.2. The summed E-state index contributed by atoms with van der Waals surface area (Å²) in [6.07, 6.45) is 0.722. The number of thiazole rings is 1. The Kier molecular flexibility index (Phi) is 5.39. The molecule has 0 saturated carbocycles. The predicted octanol–water partition coefficient (Wildman–Crippen LogP) is -0.742. The molecule has 24 heavy (non-hydrogen) atoms. The van der Waals surface area contributed by atoms with Crippen molar-refractivity contribution in [2.45, 2.75) is 26.0 Å². The van der Waals surface area contributed by atoms with Crippen molar-refractivity contribution < 1.29 is 22.8 Å². The van der Waals surface area contributed by atoms with Crippen LogP contribution in [0.1, 0.15) is 19.5 Å². The van der Waals surface area contributed by atoms with Gasteiger partial charge in [0.05, 0.1) is 6.26 Å². The summed E-state index contributed by atoms with van der Waals surface area (Å²) in [6.45, 7) is 3.80. The summed E-state index contributed by atoms with van der Waals surface area (Å²) in [7, 11) is -3.48. The van der Waals surface area contributed by atoms with Crippen LogP contribution in [0.2, 0.25) is 0 Å². The minimum Gasteiger partial charge on any atom is -0.392 e. The Hall–Kier alpha value is -2.21. The summed E-state index contributed by atoms with van der Waals surface area (Å²) in [6, 6.07) is -0.631. The molecule has 1 aromatic heterocycles. The number of aromatic nitrogens is 1. The molecule has 2 amide bonds. The van der Waals surface area contributed by atoms with E-state index in [1.165, 1.54) is 5.38 Å². The van der Waals surface area contributed by atoms with E-state index in [4.69, 9.17) is 4.84 Å². The third kappa shape index (κ3) is 4.89. The lowest BCUT2D eigenvalue weighted by molar-refractivity contribution is -0.131. The first-order valence-electron chi connectivity index (χ1n) is 6.92. The van der Waals surface area contributed by atoms with Gasteiger partial charge in [-0.3, -0.25) is 14.3 Å². The van der Waals surface area contributed by atoms with Crippen LogP contribution in [0, 0.1) is 0 Å². The van der Waals surface area contributed by atoms with E-state index in [1.807, 2.05) is 0 Å². The number of oxime groups is 1. The molecule has 10 nitrogen and oxygen atoms in total. The number of hydrogen-bond donors (Lipinski definition) is 3. The van der Waals surface area contributed by atoms with Crippen LogP contribution in [0.3, 0.4) is 0 Å². The van der Waals surface area contributed by atoms with Gasteiger partial charge in [0, 0.05) is 11.9 Å². The molecule has 1 fully saturated rings. The Morgan fingerprint density at radius 3 is 2.75 bits per heavy atom. The molecule has 132 valence electrons. The van der Waals surface area contributed by atoms with E-state index in [0.717, 1.165) is 17.6 Å². The number of rotatable bonds is 7. The number of amides is 2. The maximum atomic E-state index is 12.3. The van der Waals surface area contributed by atoms with Crippen LogP contribution in [0.5, 0.6) is 0 Å². The summed E-state index contributed by atoms with van der Waals surface area (Å²) in [4.78, 5) is 32.7. The predicted molar refractivity (Wildman–Crippen MR) is 88.3 cm³/mol. The summed E-state index contributed by atoms with van der Waals surface area (Å²) in [5.41, 5.74) is 0.00485. The molecule has 2 heterocycles. The summed E-state index contributed by atoms with van der Waals surface area (Å²) < 4.78 is 24.7. The Balaban J connectivity index is 2.20. The lowest BCUT2D eigenvalue weighted by Gasteiger charge is -2.26. The topological polar surface area (TPSA) is 139 Å². The van der Waals surface area contributed by atoms with Gasteiger partial charge in [-0.1, -0.05) is 5.16 Å². The van der Waals surface area contributed by atoms with Crippen molar-refractivity contribution in [3.63, 3.8) is 0 Å². The zero-order valence-corrected chi connectivity index (χ0v) is 14.8. The van der Waals surface area contributed by atoms with Crippen molar-refractivity contribution >= 4 is 44.0 Å². The molecule has 1 aliphatic rings. The Morgan fingerprint density at radius 1 is 1.54 bits per heavy atom. The number of carbonyl (C=O) groups is 2. The van der Waals surface area contributed by atoms with Gasteiger partial charge in [0.25, 0.3) is 5.91 Å². The van der Waals surface area contributed by atoms with E-state index in [9.17, 15) is 18.0 Å². The molecule has 3 N–H and O–H groups in total. The van der Waals surface area contributed by atoms with Gasteiger partial charge in [-0.15, -0.1) is 11.3 Å². The van der Waals surface area contributed by atoms with Crippen LogP contribution in [0.25, 0.3) is 0 Å². The lowest BCUT2D eigenvalue weighted by atomic mass is 10.1. The van der Waals surface area contributed by atoms with Crippen molar-refractivity contribution in [1.82, 2.24) is 15.6 Å². The van der Waals surface area contributed by atoms with Gasteiger partial charge >= 0.3 is 0 Å². The standard InChI is InChI=1S/C12H17N5O5S2/c1-6(2)22-16-9(11(19)14-7-4-13-10(7)18)8-5-23-12(15-8)17-24(3,20)21/h5-7H,4H2,1-3H3,(H,13,18)(H,14,19)(H,15,17)/b16-9+. The minimum atomic E-state index is -3.48. The van der Waals surface area contributed by atoms with E-state index < -0.39 is 22.0 Å². The highest BCUT2D eigenvalue weighted by atomic mass is 32.2. The maximum Gasteiger partial charge on any atom is 0.276 e. The highest BCUT2D eigenvalue weighted by Gasteiger charge is 2.31. The maximum absolute atomic E-state index is 12.3. The van der Waals surface area contributed by atoms with Gasteiger partial charge in [-0.05, 0) is 13.8 Å². The van der Waals surface area contributed by atoms with Crippen molar-refractivity contribution in [2.24, 2.45) is 5.16 Å². The molecule has 0 spiro atoms. The molecule has 1 saturated heterocycles. The van der Waals surface area contributed by atoms with E-state index in [-0.39, 0.29) is 28.5 Å². The normalized spacial score (nSPS) is 17.9. The Bertz CT molecular complexity index is 771. The van der Waals surface area contributed by atoms with Crippen LogP contribution in [0.4, 0.5) is 5.13 Å². The van der Waals surface area contributed by atoms with E-state index >= 15 is 0 Å². The first kappa shape index (κ1) is 18.1. The summed E-state index contributed by atoms with van der Waals surface area (Å²) in [5.74, 6) is -0.920. The van der Waals surface area contributed by atoms with Gasteiger partial charge in [-0.25, -0.2) is 13.4 Å². The number of nitrogens with one attached hydrogen (secondary N) is 3. The highest BCUT2D eigenvalue weighted by molar-refractivity contribution is 7.92. The molecule has 0 bridgehead atoms. The number of β-lactam (4-membered cyclic amide) rings is 1. The highest BCUT2D eigenvalue weighted by Crippen LogP contribution is 2.17. The second-order valence-electron chi connectivity index (χ2n) is 5.28. The molecule has 1 unspecified atom stereocenters. The Morgan fingerprint density at radius 2 is 2.25 bits per heavy atom. The molecule has 1 aromatic rings. The molecule has 0 aromatic carbocycles. The first-order chi connectivity index (χ1) is 11.2. The molecular formula is C12H17N5O5S2.